The number of carbonyl (C=O) groups excluding carboxylic acids is 10. The number of fused-ring (bicyclic) bond motifs is 1. The second-order valence-electron chi connectivity index (χ2n) is 26.6. The Morgan fingerprint density at radius 2 is 1.32 bits per heavy atom. The van der Waals surface area contributed by atoms with Crippen molar-refractivity contribution < 1.29 is 77.2 Å². The van der Waals surface area contributed by atoms with Gasteiger partial charge in [0, 0.05) is 80.6 Å². The molecule has 0 aliphatic carbocycles. The van der Waals surface area contributed by atoms with Crippen molar-refractivity contribution in [3.63, 3.8) is 0 Å². The monoisotopic (exact) mass is 1510 g/mol. The second-order valence-corrected chi connectivity index (χ2v) is 30.7. The number of azide groups is 2. The van der Waals surface area contributed by atoms with Gasteiger partial charge in [0.15, 0.2) is 6.61 Å². The van der Waals surface area contributed by atoms with E-state index in [0.29, 0.717) is 70.5 Å². The third-order valence-electron chi connectivity index (χ3n) is 17.2. The third kappa shape index (κ3) is 26.4. The number of primary amides is 1. The van der Waals surface area contributed by atoms with E-state index in [1.165, 1.54) is 43.1 Å². The van der Waals surface area contributed by atoms with Crippen molar-refractivity contribution in [2.24, 2.45) is 16.0 Å². The molecule has 0 saturated carbocycles. The summed E-state index contributed by atoms with van der Waals surface area (Å²) < 4.78 is 16.6. The van der Waals surface area contributed by atoms with Gasteiger partial charge in [-0.05, 0) is 119 Å². The number of benzene rings is 3. The number of rotatable bonds is 40. The molecular formula is C68H92N18O16S3. The number of para-hydroxylation sites is 1. The third-order valence-corrected chi connectivity index (χ3v) is 21.6. The molecule has 1 unspecified atom stereocenters. The van der Waals surface area contributed by atoms with Gasteiger partial charge < -0.3 is 81.7 Å². The number of aliphatic carboxylic acids is 1. The number of nitrogens with two attached hydrogens (primary N) is 1. The first-order valence-electron chi connectivity index (χ1n) is 34.3. The van der Waals surface area contributed by atoms with Crippen LogP contribution in [-0.4, -0.2) is 224 Å². The molecular weight excluding hydrogens is 1420 g/mol. The number of nitrogens with zero attached hydrogens (tertiary/aromatic N) is 10. The van der Waals surface area contributed by atoms with E-state index >= 15 is 0 Å². The van der Waals surface area contributed by atoms with Gasteiger partial charge in [-0.25, -0.2) is 14.5 Å². The van der Waals surface area contributed by atoms with Gasteiger partial charge in [0.2, 0.25) is 47.8 Å². The summed E-state index contributed by atoms with van der Waals surface area (Å²) in [5, 5.41) is 45.0. The van der Waals surface area contributed by atoms with Crippen LogP contribution in [0, 0.1) is 0 Å². The average molecular weight is 1510 g/mol. The normalized spacial score (nSPS) is 17.5. The molecule has 4 aromatic rings. The molecule has 568 valence electrons. The number of unbranched alkanes of at least 4 members (excludes halogenated alkanes) is 2. The first-order chi connectivity index (χ1) is 50.2. The Bertz CT molecular complexity index is 3780. The highest BCUT2D eigenvalue weighted by Crippen LogP contribution is 2.35. The second kappa shape index (κ2) is 41.4. The molecule has 37 heteroatoms. The van der Waals surface area contributed by atoms with Crippen molar-refractivity contribution in [1.82, 2.24) is 56.5 Å². The molecule has 3 aliphatic heterocycles. The highest BCUT2D eigenvalue weighted by Gasteiger charge is 2.42. The largest absolute Gasteiger partial charge is 0.481 e. The summed E-state index contributed by atoms with van der Waals surface area (Å²) in [6, 6.07) is 9.78. The van der Waals surface area contributed by atoms with Crippen LogP contribution in [0.15, 0.2) is 89.2 Å². The molecule has 0 radical (unpaired) electrons. The maximum atomic E-state index is 14.8. The number of ether oxygens (including phenoxy) is 3. The number of H-pyrrole nitrogens is 1. The van der Waals surface area contributed by atoms with Gasteiger partial charge in [0.25, 0.3) is 5.91 Å². The van der Waals surface area contributed by atoms with Gasteiger partial charge in [-0.3, -0.25) is 43.2 Å². The van der Waals surface area contributed by atoms with Crippen LogP contribution in [0.25, 0.3) is 31.8 Å². The van der Waals surface area contributed by atoms with Gasteiger partial charge in [0.1, 0.15) is 54.9 Å². The SMILES string of the molecule is CN(C)CCCC[C@H](NC(=O)[C@H](CSSC(C)(C)C)NC(=O)OCc1ccc(N=[N+]=[N-])cc1)C(=O)N[C@@H](Cc1c[nH]c2ccccc12)C(=O)OCC(=O)N1CCC[C@H]1C(=O)N[C@@H](CCCCNC(=O)[C@@H]1CSCN1C(O)OCc1ccc(N=[N+]=[N-])cc1)C(=O)N[C@@H](CC(=O)O)C(=O)N1CCC[C@H]1C(N)=O. The minimum atomic E-state index is -1.71. The topological polar surface area (TPSA) is 480 Å². The molecule has 3 aromatic carbocycles. The first-order valence-corrected chi connectivity index (χ1v) is 37.8. The lowest BCUT2D eigenvalue weighted by Crippen LogP contribution is -2.58. The fraction of sp³-hybridized carbons (Fsp3) is 0.544. The average Bonchev–Trinajstić information content (AvgIpc) is 1.73. The molecule has 9 atom stereocenters. The van der Waals surface area contributed by atoms with Crippen molar-refractivity contribution in [1.29, 1.82) is 0 Å². The Morgan fingerprint density at radius 1 is 0.724 bits per heavy atom. The number of likely N-dealkylation sites (tertiary alicyclic amines) is 2. The first kappa shape index (κ1) is 83.0. The van der Waals surface area contributed by atoms with Crippen molar-refractivity contribution in [3.05, 3.63) is 117 Å². The van der Waals surface area contributed by atoms with Crippen molar-refractivity contribution in [3.8, 4) is 0 Å². The Hall–Kier alpha value is -9.32. The lowest BCUT2D eigenvalue weighted by molar-refractivity contribution is -0.202. The van der Waals surface area contributed by atoms with E-state index in [9.17, 15) is 63.0 Å². The van der Waals surface area contributed by atoms with E-state index in [4.69, 9.17) is 31.0 Å². The van der Waals surface area contributed by atoms with Gasteiger partial charge >= 0.3 is 18.0 Å². The number of carbonyl (C=O) groups is 11. The minimum Gasteiger partial charge on any atom is -0.481 e. The number of esters is 1. The number of amides is 9. The van der Waals surface area contributed by atoms with Crippen LogP contribution in [0.3, 0.4) is 0 Å². The highest BCUT2D eigenvalue weighted by atomic mass is 33.1. The van der Waals surface area contributed by atoms with E-state index in [1.54, 1.807) is 60.8 Å². The number of carboxylic acid groups (broad SMARTS) is 1. The summed E-state index contributed by atoms with van der Waals surface area (Å²) in [6.07, 6.45) is 0.538. The summed E-state index contributed by atoms with van der Waals surface area (Å²) in [7, 11) is 6.56. The molecule has 7 rings (SSSR count). The summed E-state index contributed by atoms with van der Waals surface area (Å²) >= 11 is 1.40. The van der Waals surface area contributed by atoms with Crippen molar-refractivity contribution in [2.75, 3.05) is 64.3 Å². The number of nitrogens with one attached hydrogen (secondary N) is 7. The Balaban J connectivity index is 1.04. The quantitative estimate of drug-likeness (QED) is 0.00508. The molecule has 3 fully saturated rings. The molecule has 9 amide bonds. The number of hydrogen-bond acceptors (Lipinski definition) is 22. The van der Waals surface area contributed by atoms with Crippen LogP contribution < -0.4 is 37.6 Å². The maximum absolute atomic E-state index is 14.8. The summed E-state index contributed by atoms with van der Waals surface area (Å²) in [5.74, 6) is -8.11. The van der Waals surface area contributed by atoms with E-state index < -0.39 is 133 Å². The Labute approximate surface area is 618 Å². The summed E-state index contributed by atoms with van der Waals surface area (Å²) in [4.78, 5) is 167. The van der Waals surface area contributed by atoms with Gasteiger partial charge in [0.05, 0.1) is 18.9 Å². The Morgan fingerprint density at radius 3 is 1.96 bits per heavy atom. The molecule has 34 nitrogen and oxygen atoms in total. The van der Waals surface area contributed by atoms with E-state index in [0.717, 1.165) is 4.90 Å². The maximum Gasteiger partial charge on any atom is 0.408 e. The number of aliphatic hydroxyl groups excluding tert-OH is 1. The number of alkyl carbamates (subject to hydrolysis) is 1. The van der Waals surface area contributed by atoms with Crippen molar-refractivity contribution in [2.45, 2.75) is 171 Å². The van der Waals surface area contributed by atoms with Crippen molar-refractivity contribution >= 4 is 121 Å². The molecule has 3 saturated heterocycles. The van der Waals surface area contributed by atoms with Crippen LogP contribution in [-0.2, 0) is 81.8 Å². The molecule has 0 spiro atoms. The predicted octanol–water partition coefficient (Wildman–Crippen LogP) is 5.38. The molecule has 4 heterocycles. The van der Waals surface area contributed by atoms with Crippen LogP contribution in [0.5, 0.6) is 0 Å². The molecule has 11 N–H and O–H groups in total. The lowest BCUT2D eigenvalue weighted by atomic mass is 10.0. The van der Waals surface area contributed by atoms with Crippen LogP contribution in [0.1, 0.15) is 108 Å². The van der Waals surface area contributed by atoms with Gasteiger partial charge in [-0.15, -0.1) is 11.8 Å². The number of thioether (sulfide) groups is 1. The van der Waals surface area contributed by atoms with Crippen LogP contribution in [0.2, 0.25) is 0 Å². The number of aromatic amines is 1. The fourth-order valence-electron chi connectivity index (χ4n) is 11.9. The standard InChI is InChI=1S/C68H92N18O16S3/c1-68(2,3)105-104-38-52(78-66(98)101-35-41-20-24-44(25-21-41)79-81-70)61(93)74-48(17-9-11-29-83(4)5)60(92)77-51(32-43-34-73-47-15-7-6-14-46(43)47)65(97)100-37-56(87)84-30-13-19-54(84)63(95)75-49(59(91)76-50(33-57(88)89)64(96)85-31-12-18-53(85)58(69)90)16-8-10-28-72-62(94)55-39-103-40-86(55)67(99)102-36-42-22-26-45(27-23-42)80-82-71/h6-7,14-15,20-27,34,48-55,67,73,99H,8-13,16-19,28-33,35-40H2,1-5H3,(H2,69,90)(H,72,94)(H,74,93)(H,75,95)(H,76,91)(H,77,92)(H,78,98)(H,88,89)/t48-,49-,50-,51-,52-,53-,54-,55-,67?/m0/s1. The predicted molar refractivity (Wildman–Crippen MR) is 392 cm³/mol. The van der Waals surface area contributed by atoms with E-state index in [1.807, 2.05) is 58.0 Å². The zero-order chi connectivity index (χ0) is 76.2. The number of aromatic nitrogens is 1. The molecule has 1 aromatic heterocycles. The van der Waals surface area contributed by atoms with E-state index in [2.05, 4.69) is 56.9 Å². The fourth-order valence-corrected chi connectivity index (χ4v) is 15.5. The zero-order valence-corrected chi connectivity index (χ0v) is 61.6. The van der Waals surface area contributed by atoms with Crippen LogP contribution in [0.4, 0.5) is 16.2 Å². The molecule has 0 bridgehead atoms. The molecule has 3 aliphatic rings. The number of carboxylic acids is 1. The number of hydrogen-bond donors (Lipinski definition) is 10. The Kier molecular flexibility index (Phi) is 32.7. The smallest absolute Gasteiger partial charge is 0.408 e. The van der Waals surface area contributed by atoms with Crippen LogP contribution >= 0.6 is 33.3 Å². The minimum absolute atomic E-state index is 0.00467. The molecule has 105 heavy (non-hydrogen) atoms. The lowest BCUT2D eigenvalue weighted by Gasteiger charge is -2.29. The summed E-state index contributed by atoms with van der Waals surface area (Å²) in [5.41, 5.74) is 26.4. The van der Waals surface area contributed by atoms with Gasteiger partial charge in [-0.1, -0.05) is 119 Å². The van der Waals surface area contributed by atoms with E-state index in [-0.39, 0.29) is 101 Å². The summed E-state index contributed by atoms with van der Waals surface area (Å²) in [6.45, 7) is 5.57. The number of aliphatic hydroxyl groups is 1. The van der Waals surface area contributed by atoms with Gasteiger partial charge in [-0.2, -0.15) is 0 Å². The zero-order valence-electron chi connectivity index (χ0n) is 59.1. The highest BCUT2D eigenvalue weighted by molar-refractivity contribution is 8.77.